The van der Waals surface area contributed by atoms with Crippen molar-refractivity contribution >= 4 is 49.5 Å². The number of hydrogen-bond donors (Lipinski definition) is 1. The number of pyridine rings is 1. The Labute approximate surface area is 153 Å². The molecule has 0 spiro atoms. The molecule has 5 heteroatoms. The molecule has 4 nitrogen and oxygen atoms in total. The van der Waals surface area contributed by atoms with Crippen LogP contribution >= 0.6 is 15.9 Å². The number of anilines is 1. The van der Waals surface area contributed by atoms with Crippen LogP contribution in [0.25, 0.3) is 22.0 Å². The van der Waals surface area contributed by atoms with Crippen molar-refractivity contribution < 1.29 is 9.21 Å². The lowest BCUT2D eigenvalue weighted by molar-refractivity contribution is 0.0998. The van der Waals surface area contributed by atoms with Crippen LogP contribution in [0.4, 0.5) is 5.69 Å². The number of nitrogens with zero attached hydrogens (tertiary/aromatic N) is 1. The molecule has 4 aromatic rings. The molecule has 0 saturated heterocycles. The van der Waals surface area contributed by atoms with E-state index in [0.717, 1.165) is 37.6 Å². The Morgan fingerprint density at radius 3 is 2.68 bits per heavy atom. The average Bonchev–Trinajstić information content (AvgIpc) is 2.98. The number of carbonyl (C=O) groups excluding carboxylic acids is 1. The van der Waals surface area contributed by atoms with Crippen molar-refractivity contribution in [2.75, 3.05) is 5.32 Å². The molecule has 0 unspecified atom stereocenters. The fourth-order valence-electron chi connectivity index (χ4n) is 2.80. The Morgan fingerprint density at radius 2 is 1.88 bits per heavy atom. The first kappa shape index (κ1) is 15.8. The number of aryl methyl sites for hydroxylation is 2. The Kier molecular flexibility index (Phi) is 3.81. The van der Waals surface area contributed by atoms with Crippen molar-refractivity contribution in [1.82, 2.24) is 4.98 Å². The van der Waals surface area contributed by atoms with Gasteiger partial charge in [-0.2, -0.15) is 0 Å². The van der Waals surface area contributed by atoms with Gasteiger partial charge in [-0.15, -0.1) is 0 Å². The second kappa shape index (κ2) is 6.01. The molecule has 0 atom stereocenters. The summed E-state index contributed by atoms with van der Waals surface area (Å²) in [7, 11) is 0. The summed E-state index contributed by atoms with van der Waals surface area (Å²) in [5, 5.41) is 4.72. The minimum absolute atomic E-state index is 0.247. The van der Waals surface area contributed by atoms with Gasteiger partial charge in [0.25, 0.3) is 5.91 Å². The van der Waals surface area contributed by atoms with E-state index >= 15 is 0 Å². The van der Waals surface area contributed by atoms with Gasteiger partial charge in [0, 0.05) is 20.9 Å². The Balaban J connectivity index is 1.70. The van der Waals surface area contributed by atoms with Gasteiger partial charge in [0.15, 0.2) is 5.76 Å². The van der Waals surface area contributed by atoms with Gasteiger partial charge in [0.2, 0.25) is 5.71 Å². The van der Waals surface area contributed by atoms with E-state index in [1.54, 1.807) is 6.07 Å². The molecule has 2 heterocycles. The highest BCUT2D eigenvalue weighted by Gasteiger charge is 2.15. The van der Waals surface area contributed by atoms with E-state index in [1.807, 2.05) is 56.3 Å². The zero-order valence-corrected chi connectivity index (χ0v) is 15.3. The lowest BCUT2D eigenvalue weighted by atomic mass is 10.1. The van der Waals surface area contributed by atoms with E-state index in [-0.39, 0.29) is 11.7 Å². The number of carbonyl (C=O) groups is 1. The fourth-order valence-corrected chi connectivity index (χ4v) is 3.27. The van der Waals surface area contributed by atoms with E-state index in [0.29, 0.717) is 5.71 Å². The summed E-state index contributed by atoms with van der Waals surface area (Å²) in [6.45, 7) is 3.96. The topological polar surface area (TPSA) is 55.1 Å². The molecule has 1 amide bonds. The average molecular weight is 395 g/mol. The van der Waals surface area contributed by atoms with Gasteiger partial charge in [0.1, 0.15) is 0 Å². The van der Waals surface area contributed by atoms with Crippen molar-refractivity contribution in [3.05, 3.63) is 69.9 Å². The predicted molar refractivity (Wildman–Crippen MR) is 103 cm³/mol. The maximum atomic E-state index is 12.5. The monoisotopic (exact) mass is 394 g/mol. The molecular formula is C20H15BrN2O2. The standard InChI is InChI=1S/C20H15BrN2O2/c1-11-3-4-13-9-14-10-18(25-20(14)23-17(13)7-11)19(24)22-16-6-5-15(21)8-12(16)2/h3-10H,1-2H3,(H,22,24). The van der Waals surface area contributed by atoms with Crippen LogP contribution in [-0.2, 0) is 0 Å². The van der Waals surface area contributed by atoms with Crippen LogP contribution in [-0.4, -0.2) is 10.9 Å². The number of halogens is 1. The quantitative estimate of drug-likeness (QED) is 0.480. The van der Waals surface area contributed by atoms with Gasteiger partial charge in [-0.25, -0.2) is 4.98 Å². The number of furan rings is 1. The number of nitrogens with one attached hydrogen (secondary N) is 1. The van der Waals surface area contributed by atoms with Gasteiger partial charge >= 0.3 is 0 Å². The molecule has 0 saturated carbocycles. The molecule has 0 fully saturated rings. The molecule has 0 radical (unpaired) electrons. The molecule has 2 aromatic heterocycles. The van der Waals surface area contributed by atoms with Gasteiger partial charge in [-0.1, -0.05) is 28.1 Å². The molecule has 124 valence electrons. The van der Waals surface area contributed by atoms with Gasteiger partial charge < -0.3 is 9.73 Å². The molecule has 0 aliphatic rings. The van der Waals surface area contributed by atoms with Crippen molar-refractivity contribution in [3.63, 3.8) is 0 Å². The van der Waals surface area contributed by atoms with Crippen LogP contribution in [0.1, 0.15) is 21.7 Å². The molecule has 4 rings (SSSR count). The predicted octanol–water partition coefficient (Wildman–Crippen LogP) is 5.61. The second-order valence-corrected chi connectivity index (χ2v) is 7.02. The third-order valence-corrected chi connectivity index (χ3v) is 4.61. The van der Waals surface area contributed by atoms with E-state index in [4.69, 9.17) is 4.42 Å². The zero-order chi connectivity index (χ0) is 17.6. The molecule has 0 bridgehead atoms. The third-order valence-electron chi connectivity index (χ3n) is 4.12. The third kappa shape index (κ3) is 3.03. The van der Waals surface area contributed by atoms with Crippen LogP contribution in [0, 0.1) is 13.8 Å². The summed E-state index contributed by atoms with van der Waals surface area (Å²) in [6, 6.07) is 15.5. The summed E-state index contributed by atoms with van der Waals surface area (Å²) in [4.78, 5) is 17.0. The Bertz CT molecular complexity index is 1130. The maximum Gasteiger partial charge on any atom is 0.291 e. The highest BCUT2D eigenvalue weighted by molar-refractivity contribution is 9.10. The van der Waals surface area contributed by atoms with Crippen LogP contribution < -0.4 is 5.32 Å². The first-order valence-electron chi connectivity index (χ1n) is 7.88. The summed E-state index contributed by atoms with van der Waals surface area (Å²) >= 11 is 3.42. The lowest BCUT2D eigenvalue weighted by Crippen LogP contribution is -2.11. The van der Waals surface area contributed by atoms with Crippen molar-refractivity contribution in [2.45, 2.75) is 13.8 Å². The summed E-state index contributed by atoms with van der Waals surface area (Å²) < 4.78 is 6.65. The van der Waals surface area contributed by atoms with E-state index in [1.165, 1.54) is 0 Å². The molecule has 2 aromatic carbocycles. The first-order valence-corrected chi connectivity index (χ1v) is 8.67. The number of amides is 1. The van der Waals surface area contributed by atoms with E-state index in [2.05, 4.69) is 26.2 Å². The number of aromatic nitrogens is 1. The highest BCUT2D eigenvalue weighted by atomic mass is 79.9. The fraction of sp³-hybridized carbons (Fsp3) is 0.100. The van der Waals surface area contributed by atoms with E-state index < -0.39 is 0 Å². The van der Waals surface area contributed by atoms with Crippen molar-refractivity contribution in [3.8, 4) is 0 Å². The van der Waals surface area contributed by atoms with Gasteiger partial charge in [0.05, 0.1) is 5.52 Å². The summed E-state index contributed by atoms with van der Waals surface area (Å²) in [5.41, 5.74) is 4.18. The highest BCUT2D eigenvalue weighted by Crippen LogP contribution is 2.25. The van der Waals surface area contributed by atoms with Crippen molar-refractivity contribution in [2.24, 2.45) is 0 Å². The van der Waals surface area contributed by atoms with Crippen LogP contribution in [0.15, 0.2) is 57.4 Å². The van der Waals surface area contributed by atoms with Crippen LogP contribution in [0.5, 0.6) is 0 Å². The number of hydrogen-bond acceptors (Lipinski definition) is 3. The summed E-state index contributed by atoms with van der Waals surface area (Å²) in [6.07, 6.45) is 0. The lowest BCUT2D eigenvalue weighted by Gasteiger charge is -2.06. The molecule has 25 heavy (non-hydrogen) atoms. The first-order chi connectivity index (χ1) is 12.0. The number of benzene rings is 2. The van der Waals surface area contributed by atoms with Gasteiger partial charge in [-0.3, -0.25) is 4.79 Å². The van der Waals surface area contributed by atoms with Crippen LogP contribution in [0.2, 0.25) is 0 Å². The molecule has 0 aliphatic heterocycles. The molecule has 1 N–H and O–H groups in total. The Morgan fingerprint density at radius 1 is 1.04 bits per heavy atom. The molecule has 0 aliphatic carbocycles. The van der Waals surface area contributed by atoms with E-state index in [9.17, 15) is 4.79 Å². The normalized spacial score (nSPS) is 11.2. The largest absolute Gasteiger partial charge is 0.433 e. The summed E-state index contributed by atoms with van der Waals surface area (Å²) in [5.74, 6) is -0.0412. The smallest absolute Gasteiger partial charge is 0.291 e. The zero-order valence-electron chi connectivity index (χ0n) is 13.8. The van der Waals surface area contributed by atoms with Crippen molar-refractivity contribution in [1.29, 1.82) is 0 Å². The second-order valence-electron chi connectivity index (χ2n) is 6.10. The van der Waals surface area contributed by atoms with Gasteiger partial charge in [-0.05, 0) is 61.4 Å². The SMILES string of the molecule is Cc1ccc2cc3cc(C(=O)Nc4ccc(Br)cc4C)oc3nc2c1. The maximum absolute atomic E-state index is 12.5. The number of fused-ring (bicyclic) bond motifs is 2. The van der Waals surface area contributed by atoms with Crippen LogP contribution in [0.3, 0.4) is 0 Å². The molecular weight excluding hydrogens is 380 g/mol. The minimum Gasteiger partial charge on any atom is -0.433 e. The number of rotatable bonds is 2. The Hall–Kier alpha value is -2.66. The minimum atomic E-state index is -0.288.